The van der Waals surface area contributed by atoms with Gasteiger partial charge >= 0.3 is 0 Å². The second-order valence-corrected chi connectivity index (χ2v) is 5.46. The number of aryl methyl sites for hydroxylation is 1. The summed E-state index contributed by atoms with van der Waals surface area (Å²) in [5.74, 6) is 0.620. The molecule has 0 radical (unpaired) electrons. The van der Waals surface area contributed by atoms with Crippen LogP contribution >= 0.6 is 0 Å². The summed E-state index contributed by atoms with van der Waals surface area (Å²) in [7, 11) is 0. The molecule has 3 rings (SSSR count). The maximum Gasteiger partial charge on any atom is 0.0980 e. The second kappa shape index (κ2) is 4.79. The number of hydrogen-bond acceptors (Lipinski definition) is 2. The van der Waals surface area contributed by atoms with Crippen molar-refractivity contribution in [1.82, 2.24) is 5.32 Å². The van der Waals surface area contributed by atoms with Gasteiger partial charge in [0.05, 0.1) is 12.7 Å². The fourth-order valence-electron chi connectivity index (χ4n) is 3.01. The molecule has 1 aromatic carbocycles. The lowest BCUT2D eigenvalue weighted by Crippen LogP contribution is -2.34. The second-order valence-electron chi connectivity index (χ2n) is 5.46. The molecule has 0 saturated carbocycles. The minimum absolute atomic E-state index is 0.263. The lowest BCUT2D eigenvalue weighted by molar-refractivity contribution is 0.0295. The van der Waals surface area contributed by atoms with Gasteiger partial charge < -0.3 is 10.1 Å². The lowest BCUT2D eigenvalue weighted by Gasteiger charge is -2.24. The highest BCUT2D eigenvalue weighted by molar-refractivity contribution is 5.31. The smallest absolute Gasteiger partial charge is 0.0980 e. The summed E-state index contributed by atoms with van der Waals surface area (Å²) < 4.78 is 6.16. The predicted octanol–water partition coefficient (Wildman–Crippen LogP) is 2.69. The molecular formula is C15H21NO. The van der Waals surface area contributed by atoms with Crippen molar-refractivity contribution in [3.8, 4) is 0 Å². The Morgan fingerprint density at radius 1 is 1.29 bits per heavy atom. The van der Waals surface area contributed by atoms with E-state index in [1.807, 2.05) is 0 Å². The zero-order valence-electron chi connectivity index (χ0n) is 10.5. The number of hydrogen-bond donors (Lipinski definition) is 1. The van der Waals surface area contributed by atoms with E-state index in [4.69, 9.17) is 4.74 Å². The van der Waals surface area contributed by atoms with Crippen LogP contribution in [0.5, 0.6) is 0 Å². The van der Waals surface area contributed by atoms with E-state index in [1.54, 1.807) is 0 Å². The zero-order chi connectivity index (χ0) is 11.7. The summed E-state index contributed by atoms with van der Waals surface area (Å²) in [4.78, 5) is 0. The van der Waals surface area contributed by atoms with Gasteiger partial charge in [-0.05, 0) is 36.3 Å². The van der Waals surface area contributed by atoms with Crippen molar-refractivity contribution in [1.29, 1.82) is 0 Å². The maximum atomic E-state index is 6.16. The molecule has 2 aliphatic rings. The summed E-state index contributed by atoms with van der Waals surface area (Å²) in [5.41, 5.74) is 2.90. The lowest BCUT2D eigenvalue weighted by atomic mass is 9.99. The van der Waals surface area contributed by atoms with Crippen LogP contribution in [-0.2, 0) is 11.2 Å². The largest absolute Gasteiger partial charge is 0.372 e. The Morgan fingerprint density at radius 2 is 2.18 bits per heavy atom. The maximum absolute atomic E-state index is 6.16. The van der Waals surface area contributed by atoms with E-state index < -0.39 is 0 Å². The van der Waals surface area contributed by atoms with Crippen molar-refractivity contribution in [2.45, 2.75) is 38.3 Å². The fraction of sp³-hybridized carbons (Fsp3) is 0.600. The van der Waals surface area contributed by atoms with Gasteiger partial charge in [0.2, 0.25) is 0 Å². The molecule has 1 N–H and O–H groups in total. The number of ether oxygens (including phenoxy) is 1. The molecule has 1 fully saturated rings. The zero-order valence-corrected chi connectivity index (χ0v) is 10.5. The first kappa shape index (κ1) is 11.2. The molecule has 2 heteroatoms. The molecule has 17 heavy (non-hydrogen) atoms. The molecule has 1 aromatic rings. The number of benzene rings is 1. The summed E-state index contributed by atoms with van der Waals surface area (Å²) in [6.45, 7) is 4.22. The van der Waals surface area contributed by atoms with E-state index in [1.165, 1.54) is 30.4 Å². The fourth-order valence-corrected chi connectivity index (χ4v) is 3.01. The first-order chi connectivity index (χ1) is 8.34. The van der Waals surface area contributed by atoms with E-state index in [2.05, 4.69) is 36.5 Å². The quantitative estimate of drug-likeness (QED) is 0.741. The van der Waals surface area contributed by atoms with Crippen molar-refractivity contribution in [3.05, 3.63) is 35.4 Å². The van der Waals surface area contributed by atoms with Crippen molar-refractivity contribution in [2.24, 2.45) is 5.92 Å². The number of nitrogens with one attached hydrogen (secondary N) is 1. The molecule has 0 aromatic heterocycles. The van der Waals surface area contributed by atoms with Crippen LogP contribution < -0.4 is 5.32 Å². The van der Waals surface area contributed by atoms with Gasteiger partial charge in [0.25, 0.3) is 0 Å². The van der Waals surface area contributed by atoms with Gasteiger partial charge in [0, 0.05) is 12.6 Å². The predicted molar refractivity (Wildman–Crippen MR) is 69.0 cm³/mol. The first-order valence-corrected chi connectivity index (χ1v) is 6.77. The summed E-state index contributed by atoms with van der Waals surface area (Å²) >= 11 is 0. The third-order valence-electron chi connectivity index (χ3n) is 3.98. The third-order valence-corrected chi connectivity index (χ3v) is 3.98. The van der Waals surface area contributed by atoms with E-state index in [9.17, 15) is 0 Å². The molecule has 1 aliphatic heterocycles. The Hall–Kier alpha value is -0.860. The van der Waals surface area contributed by atoms with Crippen LogP contribution in [0, 0.1) is 5.92 Å². The van der Waals surface area contributed by atoms with Gasteiger partial charge in [0.15, 0.2) is 0 Å². The number of fused-ring (bicyclic) bond motifs is 3. The number of rotatable bonds is 0. The van der Waals surface area contributed by atoms with Gasteiger partial charge in [-0.2, -0.15) is 0 Å². The van der Waals surface area contributed by atoms with Crippen LogP contribution in [0.4, 0.5) is 0 Å². The minimum Gasteiger partial charge on any atom is -0.372 e. The highest BCUT2D eigenvalue weighted by Crippen LogP contribution is 2.33. The molecular weight excluding hydrogens is 210 g/mol. The molecule has 3 unspecified atom stereocenters. The first-order valence-electron chi connectivity index (χ1n) is 6.77. The monoisotopic (exact) mass is 231 g/mol. The molecule has 92 valence electrons. The Morgan fingerprint density at radius 3 is 3.12 bits per heavy atom. The highest BCUT2D eigenvalue weighted by atomic mass is 16.5. The van der Waals surface area contributed by atoms with Crippen LogP contribution in [0.3, 0.4) is 0 Å². The molecule has 3 atom stereocenters. The van der Waals surface area contributed by atoms with Crippen molar-refractivity contribution < 1.29 is 4.74 Å². The molecule has 1 aliphatic carbocycles. The Bertz CT molecular complexity index is 390. The van der Waals surface area contributed by atoms with Crippen LogP contribution in [0.25, 0.3) is 0 Å². The van der Waals surface area contributed by atoms with Crippen LogP contribution in [0.15, 0.2) is 24.3 Å². The Labute approximate surface area is 103 Å². The minimum atomic E-state index is 0.263. The third kappa shape index (κ3) is 2.24. The molecule has 0 spiro atoms. The van der Waals surface area contributed by atoms with Gasteiger partial charge in [-0.3, -0.25) is 0 Å². The van der Waals surface area contributed by atoms with Gasteiger partial charge in [0.1, 0.15) is 0 Å². The van der Waals surface area contributed by atoms with E-state index in [0.717, 1.165) is 13.2 Å². The normalized spacial score (nSPS) is 33.1. The molecule has 0 bridgehead atoms. The van der Waals surface area contributed by atoms with Gasteiger partial charge in [-0.25, -0.2) is 0 Å². The molecule has 1 heterocycles. The SMILES string of the molecule is CC1CNC2CCCc3ccccc3C2OC1. The van der Waals surface area contributed by atoms with Gasteiger partial charge in [-0.1, -0.05) is 31.2 Å². The van der Waals surface area contributed by atoms with Crippen molar-refractivity contribution in [2.75, 3.05) is 13.2 Å². The summed E-state index contributed by atoms with van der Waals surface area (Å²) in [5, 5.41) is 3.69. The van der Waals surface area contributed by atoms with Crippen molar-refractivity contribution >= 4 is 0 Å². The molecule has 0 amide bonds. The van der Waals surface area contributed by atoms with Crippen LogP contribution in [-0.4, -0.2) is 19.2 Å². The summed E-state index contributed by atoms with van der Waals surface area (Å²) in [6, 6.07) is 9.29. The molecule has 2 nitrogen and oxygen atoms in total. The average Bonchev–Trinajstić information content (AvgIpc) is 2.63. The van der Waals surface area contributed by atoms with E-state index >= 15 is 0 Å². The summed E-state index contributed by atoms with van der Waals surface area (Å²) in [6.07, 6.45) is 3.96. The topological polar surface area (TPSA) is 21.3 Å². The van der Waals surface area contributed by atoms with Crippen LogP contribution in [0.2, 0.25) is 0 Å². The highest BCUT2D eigenvalue weighted by Gasteiger charge is 2.30. The van der Waals surface area contributed by atoms with Crippen LogP contribution in [0.1, 0.15) is 37.0 Å². The average molecular weight is 231 g/mol. The Kier molecular flexibility index (Phi) is 3.17. The standard InChI is InChI=1S/C15H21NO/c1-11-9-16-14-8-4-6-12-5-2-3-7-13(12)15(14)17-10-11/h2-3,5,7,11,14-16H,4,6,8-10H2,1H3. The van der Waals surface area contributed by atoms with Gasteiger partial charge in [-0.15, -0.1) is 0 Å². The van der Waals surface area contributed by atoms with Crippen molar-refractivity contribution in [3.63, 3.8) is 0 Å². The Balaban J connectivity index is 1.94. The van der Waals surface area contributed by atoms with E-state index in [0.29, 0.717) is 12.0 Å². The molecule has 1 saturated heterocycles. The van der Waals surface area contributed by atoms with E-state index in [-0.39, 0.29) is 6.10 Å².